The fourth-order valence-electron chi connectivity index (χ4n) is 1.11. The summed E-state index contributed by atoms with van der Waals surface area (Å²) < 4.78 is 0. The molecule has 1 nitrogen and oxygen atoms in total. The van der Waals surface area contributed by atoms with Crippen LogP contribution in [0.5, 0.6) is 0 Å². The normalized spacial score (nSPS) is 23.7. The van der Waals surface area contributed by atoms with Gasteiger partial charge in [-0.3, -0.25) is 0 Å². The molecule has 1 unspecified atom stereocenters. The highest BCUT2D eigenvalue weighted by atomic mass is 14.8. The Labute approximate surface area is 68.5 Å². The molecule has 1 aliphatic carbocycles. The average molecular weight is 149 g/mol. The smallest absolute Gasteiger partial charge is 0.0364 e. The molecule has 0 amide bonds. The summed E-state index contributed by atoms with van der Waals surface area (Å²) in [5.41, 5.74) is 2.51. The van der Waals surface area contributed by atoms with Crippen LogP contribution < -0.4 is 5.32 Å². The van der Waals surface area contributed by atoms with Crippen molar-refractivity contribution in [2.45, 2.75) is 13.8 Å². The quantitative estimate of drug-likeness (QED) is 0.603. The van der Waals surface area contributed by atoms with Gasteiger partial charge in [0, 0.05) is 12.7 Å². The molecule has 0 saturated heterocycles. The molecule has 1 N–H and O–H groups in total. The van der Waals surface area contributed by atoms with Gasteiger partial charge in [-0.1, -0.05) is 25.2 Å². The SMILES string of the molecule is CNC1=C(C)C=CC(C)C=C1. The van der Waals surface area contributed by atoms with E-state index in [-0.39, 0.29) is 0 Å². The van der Waals surface area contributed by atoms with Crippen molar-refractivity contribution in [3.63, 3.8) is 0 Å². The second kappa shape index (κ2) is 3.42. The van der Waals surface area contributed by atoms with Gasteiger partial charge >= 0.3 is 0 Å². The van der Waals surface area contributed by atoms with E-state index >= 15 is 0 Å². The third-order valence-electron chi connectivity index (χ3n) is 1.91. The molecule has 11 heavy (non-hydrogen) atoms. The topological polar surface area (TPSA) is 12.0 Å². The number of allylic oxidation sites excluding steroid dienone is 5. The van der Waals surface area contributed by atoms with E-state index < -0.39 is 0 Å². The minimum absolute atomic E-state index is 0.552. The van der Waals surface area contributed by atoms with Gasteiger partial charge in [-0.25, -0.2) is 0 Å². The molecule has 0 bridgehead atoms. The Morgan fingerprint density at radius 2 is 1.91 bits per heavy atom. The second-order valence-corrected chi connectivity index (χ2v) is 2.92. The third-order valence-corrected chi connectivity index (χ3v) is 1.91. The molecule has 60 valence electrons. The van der Waals surface area contributed by atoms with Crippen LogP contribution in [0.3, 0.4) is 0 Å². The van der Waals surface area contributed by atoms with Crippen LogP contribution in [-0.4, -0.2) is 7.05 Å². The summed E-state index contributed by atoms with van der Waals surface area (Å²) in [4.78, 5) is 0. The van der Waals surface area contributed by atoms with E-state index in [0.29, 0.717) is 5.92 Å². The average Bonchev–Trinajstić information content (AvgIpc) is 2.15. The van der Waals surface area contributed by atoms with Crippen LogP contribution >= 0.6 is 0 Å². The minimum Gasteiger partial charge on any atom is -0.388 e. The Kier molecular flexibility index (Phi) is 2.53. The summed E-state index contributed by atoms with van der Waals surface area (Å²) in [6, 6.07) is 0. The van der Waals surface area contributed by atoms with Crippen LogP contribution in [0, 0.1) is 5.92 Å². The van der Waals surface area contributed by atoms with Crippen molar-refractivity contribution in [1.82, 2.24) is 5.32 Å². The number of nitrogens with one attached hydrogen (secondary N) is 1. The minimum atomic E-state index is 0.552. The largest absolute Gasteiger partial charge is 0.388 e. The summed E-state index contributed by atoms with van der Waals surface area (Å²) in [5.74, 6) is 0.552. The van der Waals surface area contributed by atoms with Crippen LogP contribution in [0.25, 0.3) is 0 Å². The molecule has 1 atom stereocenters. The first-order valence-electron chi connectivity index (χ1n) is 3.99. The predicted octanol–water partition coefficient (Wildman–Crippen LogP) is 2.24. The van der Waals surface area contributed by atoms with Crippen molar-refractivity contribution in [3.8, 4) is 0 Å². The number of hydrogen-bond acceptors (Lipinski definition) is 1. The molecule has 0 fully saturated rings. The van der Waals surface area contributed by atoms with Gasteiger partial charge in [-0.15, -0.1) is 0 Å². The highest BCUT2D eigenvalue weighted by molar-refractivity contribution is 5.33. The van der Waals surface area contributed by atoms with Crippen molar-refractivity contribution >= 4 is 0 Å². The summed E-state index contributed by atoms with van der Waals surface area (Å²) in [5, 5.41) is 3.16. The summed E-state index contributed by atoms with van der Waals surface area (Å²) >= 11 is 0. The highest BCUT2D eigenvalue weighted by Gasteiger charge is 1.99. The van der Waals surface area contributed by atoms with Crippen LogP contribution in [0.4, 0.5) is 0 Å². The molecule has 0 radical (unpaired) electrons. The maximum Gasteiger partial charge on any atom is 0.0364 e. The van der Waals surface area contributed by atoms with E-state index in [1.165, 1.54) is 11.3 Å². The molecule has 1 heteroatoms. The molecular weight excluding hydrogens is 134 g/mol. The van der Waals surface area contributed by atoms with Crippen LogP contribution in [0.1, 0.15) is 13.8 Å². The van der Waals surface area contributed by atoms with Gasteiger partial charge in [0.2, 0.25) is 0 Å². The van der Waals surface area contributed by atoms with Gasteiger partial charge in [0.15, 0.2) is 0 Å². The lowest BCUT2D eigenvalue weighted by atomic mass is 10.1. The van der Waals surface area contributed by atoms with Crippen LogP contribution in [-0.2, 0) is 0 Å². The van der Waals surface area contributed by atoms with E-state index in [9.17, 15) is 0 Å². The van der Waals surface area contributed by atoms with Gasteiger partial charge < -0.3 is 5.32 Å². The Bertz CT molecular complexity index is 221. The number of likely N-dealkylation sites (N-methyl/N-ethyl adjacent to an activating group) is 1. The molecule has 0 saturated carbocycles. The van der Waals surface area contributed by atoms with Crippen molar-refractivity contribution in [2.24, 2.45) is 5.92 Å². The lowest BCUT2D eigenvalue weighted by Crippen LogP contribution is -2.04. The molecule has 0 aromatic carbocycles. The van der Waals surface area contributed by atoms with E-state index in [2.05, 4.69) is 43.5 Å². The third kappa shape index (κ3) is 1.97. The first-order chi connectivity index (χ1) is 5.24. The van der Waals surface area contributed by atoms with E-state index in [0.717, 1.165) is 0 Å². The van der Waals surface area contributed by atoms with Gasteiger partial charge in [-0.05, 0) is 24.5 Å². The molecule has 1 rings (SSSR count). The molecule has 0 aromatic heterocycles. The fourth-order valence-corrected chi connectivity index (χ4v) is 1.11. The Balaban J connectivity index is 2.90. The zero-order valence-electron chi connectivity index (χ0n) is 7.39. The van der Waals surface area contributed by atoms with E-state index in [4.69, 9.17) is 0 Å². The van der Waals surface area contributed by atoms with Gasteiger partial charge in [-0.2, -0.15) is 0 Å². The molecule has 1 aliphatic rings. The Hall–Kier alpha value is -0.980. The van der Waals surface area contributed by atoms with Crippen molar-refractivity contribution in [3.05, 3.63) is 35.6 Å². The summed E-state index contributed by atoms with van der Waals surface area (Å²) in [7, 11) is 1.95. The summed E-state index contributed by atoms with van der Waals surface area (Å²) in [6.45, 7) is 4.30. The first kappa shape index (κ1) is 8.12. The fraction of sp³-hybridized carbons (Fsp3) is 0.400. The molecule has 0 aliphatic heterocycles. The number of hydrogen-bond donors (Lipinski definition) is 1. The molecule has 0 spiro atoms. The van der Waals surface area contributed by atoms with Gasteiger partial charge in [0.25, 0.3) is 0 Å². The Morgan fingerprint density at radius 3 is 2.55 bits per heavy atom. The van der Waals surface area contributed by atoms with Gasteiger partial charge in [0.05, 0.1) is 0 Å². The maximum absolute atomic E-state index is 3.16. The summed E-state index contributed by atoms with van der Waals surface area (Å²) in [6.07, 6.45) is 8.70. The standard InChI is InChI=1S/C10H15N/c1-8-4-6-9(2)10(11-3)7-5-8/h4-8,11H,1-3H3. The Morgan fingerprint density at radius 1 is 1.27 bits per heavy atom. The molecule has 0 heterocycles. The monoisotopic (exact) mass is 149 g/mol. The maximum atomic E-state index is 3.16. The van der Waals surface area contributed by atoms with Crippen LogP contribution in [0.15, 0.2) is 35.6 Å². The van der Waals surface area contributed by atoms with Gasteiger partial charge in [0.1, 0.15) is 0 Å². The molecular formula is C10H15N. The first-order valence-corrected chi connectivity index (χ1v) is 3.99. The van der Waals surface area contributed by atoms with E-state index in [1.54, 1.807) is 0 Å². The van der Waals surface area contributed by atoms with Crippen LogP contribution in [0.2, 0.25) is 0 Å². The van der Waals surface area contributed by atoms with Crippen molar-refractivity contribution in [1.29, 1.82) is 0 Å². The predicted molar refractivity (Wildman–Crippen MR) is 49.2 cm³/mol. The van der Waals surface area contributed by atoms with E-state index in [1.807, 2.05) is 7.05 Å². The lowest BCUT2D eigenvalue weighted by Gasteiger charge is -2.01. The zero-order valence-corrected chi connectivity index (χ0v) is 7.39. The van der Waals surface area contributed by atoms with Crippen molar-refractivity contribution < 1.29 is 0 Å². The number of rotatable bonds is 1. The zero-order chi connectivity index (χ0) is 8.27. The second-order valence-electron chi connectivity index (χ2n) is 2.92. The highest BCUT2D eigenvalue weighted by Crippen LogP contribution is 2.12. The molecule has 0 aromatic rings. The van der Waals surface area contributed by atoms with Crippen molar-refractivity contribution in [2.75, 3.05) is 7.05 Å². The lowest BCUT2D eigenvalue weighted by molar-refractivity contribution is 0.937.